The van der Waals surface area contributed by atoms with E-state index in [1.54, 1.807) is 6.07 Å². The smallest absolute Gasteiger partial charge is 0.270 e. The summed E-state index contributed by atoms with van der Waals surface area (Å²) < 4.78 is 5.40. The lowest BCUT2D eigenvalue weighted by atomic mass is 10.0. The van der Waals surface area contributed by atoms with Gasteiger partial charge in [-0.3, -0.25) is 14.9 Å². The molecule has 2 aromatic rings. The van der Waals surface area contributed by atoms with Crippen LogP contribution in [-0.4, -0.2) is 16.8 Å². The van der Waals surface area contributed by atoms with Crippen LogP contribution in [0.2, 0.25) is 0 Å². The standard InChI is InChI=1S/C15H11NO4/c17-13(11-7-4-8-12(9-11)16(18)19)15-14(20-15)10-5-2-1-3-6-10/h1-9,14-15H/t14-,15-/m1/s1. The number of nitro benzene ring substituents is 1. The van der Waals surface area contributed by atoms with Crippen LogP contribution in [0.15, 0.2) is 54.6 Å². The van der Waals surface area contributed by atoms with Gasteiger partial charge in [0.15, 0.2) is 11.9 Å². The van der Waals surface area contributed by atoms with E-state index >= 15 is 0 Å². The van der Waals surface area contributed by atoms with E-state index < -0.39 is 11.0 Å². The highest BCUT2D eigenvalue weighted by Crippen LogP contribution is 2.40. The number of carbonyl (C=O) groups excluding carboxylic acids is 1. The van der Waals surface area contributed by atoms with Gasteiger partial charge >= 0.3 is 0 Å². The van der Waals surface area contributed by atoms with Gasteiger partial charge in [-0.1, -0.05) is 42.5 Å². The van der Waals surface area contributed by atoms with E-state index in [0.29, 0.717) is 5.56 Å². The van der Waals surface area contributed by atoms with Gasteiger partial charge in [-0.25, -0.2) is 0 Å². The molecule has 0 N–H and O–H groups in total. The van der Waals surface area contributed by atoms with Crippen molar-refractivity contribution in [3.05, 3.63) is 75.8 Å². The SMILES string of the molecule is O=C(c1cccc([N+](=O)[O-])c1)[C@H]1O[C@@H]1c1ccccc1. The molecule has 2 atom stereocenters. The highest BCUT2D eigenvalue weighted by atomic mass is 16.6. The molecule has 20 heavy (non-hydrogen) atoms. The van der Waals surface area contributed by atoms with Gasteiger partial charge in [-0.15, -0.1) is 0 Å². The predicted molar refractivity (Wildman–Crippen MR) is 71.5 cm³/mol. The molecule has 1 aliphatic heterocycles. The summed E-state index contributed by atoms with van der Waals surface area (Å²) >= 11 is 0. The van der Waals surface area contributed by atoms with Crippen molar-refractivity contribution in [3.8, 4) is 0 Å². The van der Waals surface area contributed by atoms with E-state index in [9.17, 15) is 14.9 Å². The number of epoxide rings is 1. The second-order valence-corrected chi connectivity index (χ2v) is 4.56. The minimum atomic E-state index is -0.542. The van der Waals surface area contributed by atoms with Gasteiger partial charge in [0.25, 0.3) is 5.69 Å². The fourth-order valence-electron chi connectivity index (χ4n) is 2.14. The van der Waals surface area contributed by atoms with E-state index in [4.69, 9.17) is 4.74 Å². The molecule has 0 bridgehead atoms. The Morgan fingerprint density at radius 2 is 1.85 bits per heavy atom. The Kier molecular flexibility index (Phi) is 3.04. The van der Waals surface area contributed by atoms with Gasteiger partial charge in [0.2, 0.25) is 0 Å². The zero-order valence-electron chi connectivity index (χ0n) is 10.4. The Bertz CT molecular complexity index is 669. The molecule has 100 valence electrons. The number of rotatable bonds is 4. The molecule has 0 amide bonds. The third kappa shape index (κ3) is 2.31. The first-order valence-corrected chi connectivity index (χ1v) is 6.16. The molecule has 5 nitrogen and oxygen atoms in total. The van der Waals surface area contributed by atoms with Crippen LogP contribution in [0.4, 0.5) is 5.69 Å². The highest BCUT2D eigenvalue weighted by Gasteiger charge is 2.46. The highest BCUT2D eigenvalue weighted by molar-refractivity contribution is 6.01. The maximum atomic E-state index is 12.2. The Hall–Kier alpha value is -2.53. The number of carbonyl (C=O) groups is 1. The van der Waals surface area contributed by atoms with Crippen molar-refractivity contribution in [1.29, 1.82) is 0 Å². The summed E-state index contributed by atoms with van der Waals surface area (Å²) in [5.41, 5.74) is 1.16. The maximum absolute atomic E-state index is 12.2. The largest absolute Gasteiger partial charge is 0.356 e. The van der Waals surface area contributed by atoms with Gasteiger partial charge in [0.05, 0.1) is 4.92 Å². The summed E-state index contributed by atoms with van der Waals surface area (Å²) in [6.45, 7) is 0. The molecule has 3 rings (SSSR count). The Balaban J connectivity index is 1.78. The van der Waals surface area contributed by atoms with Gasteiger partial charge in [-0.2, -0.15) is 0 Å². The van der Waals surface area contributed by atoms with Crippen LogP contribution in [0.1, 0.15) is 22.0 Å². The van der Waals surface area contributed by atoms with Crippen molar-refractivity contribution >= 4 is 11.5 Å². The first-order valence-electron chi connectivity index (χ1n) is 6.16. The summed E-state index contributed by atoms with van der Waals surface area (Å²) in [4.78, 5) is 22.4. The van der Waals surface area contributed by atoms with E-state index in [-0.39, 0.29) is 17.6 Å². The quantitative estimate of drug-likeness (QED) is 0.370. The number of hydrogen-bond donors (Lipinski definition) is 0. The van der Waals surface area contributed by atoms with E-state index in [1.165, 1.54) is 18.2 Å². The fraction of sp³-hybridized carbons (Fsp3) is 0.133. The minimum absolute atomic E-state index is 0.0900. The zero-order valence-corrected chi connectivity index (χ0v) is 10.4. The van der Waals surface area contributed by atoms with Gasteiger partial charge in [0, 0.05) is 17.7 Å². The van der Waals surface area contributed by atoms with Crippen molar-refractivity contribution in [2.45, 2.75) is 12.2 Å². The Morgan fingerprint density at radius 3 is 2.55 bits per heavy atom. The molecule has 0 radical (unpaired) electrons. The first kappa shape index (κ1) is 12.5. The molecule has 0 aromatic heterocycles. The Labute approximate surface area is 115 Å². The number of non-ortho nitro benzene ring substituents is 1. The molecule has 1 saturated heterocycles. The average molecular weight is 269 g/mol. The fourth-order valence-corrected chi connectivity index (χ4v) is 2.14. The van der Waals surface area contributed by atoms with Crippen molar-refractivity contribution < 1.29 is 14.5 Å². The average Bonchev–Trinajstić information content (AvgIpc) is 3.28. The van der Waals surface area contributed by atoms with Crippen LogP contribution >= 0.6 is 0 Å². The molecule has 0 spiro atoms. The van der Waals surface area contributed by atoms with Crippen molar-refractivity contribution in [1.82, 2.24) is 0 Å². The molecule has 1 heterocycles. The minimum Gasteiger partial charge on any atom is -0.356 e. The normalized spacial score (nSPS) is 20.4. The van der Waals surface area contributed by atoms with Crippen LogP contribution < -0.4 is 0 Å². The van der Waals surface area contributed by atoms with Crippen molar-refractivity contribution in [2.24, 2.45) is 0 Å². The van der Waals surface area contributed by atoms with Crippen LogP contribution in [0.5, 0.6) is 0 Å². The van der Waals surface area contributed by atoms with Gasteiger partial charge in [0.1, 0.15) is 6.10 Å². The van der Waals surface area contributed by atoms with Crippen LogP contribution in [0.25, 0.3) is 0 Å². The molecule has 0 saturated carbocycles. The van der Waals surface area contributed by atoms with Crippen LogP contribution in [-0.2, 0) is 4.74 Å². The number of ketones is 1. The Morgan fingerprint density at radius 1 is 1.10 bits per heavy atom. The maximum Gasteiger partial charge on any atom is 0.270 e. The topological polar surface area (TPSA) is 72.7 Å². The summed E-state index contributed by atoms with van der Waals surface area (Å²) in [6, 6.07) is 15.2. The third-order valence-corrected chi connectivity index (χ3v) is 3.22. The first-order chi connectivity index (χ1) is 9.66. The lowest BCUT2D eigenvalue weighted by Crippen LogP contribution is -2.08. The van der Waals surface area contributed by atoms with Crippen molar-refractivity contribution in [2.75, 3.05) is 0 Å². The summed E-state index contributed by atoms with van der Waals surface area (Å²) in [6.07, 6.45) is -0.789. The number of benzene rings is 2. The summed E-state index contributed by atoms with van der Waals surface area (Å²) in [7, 11) is 0. The van der Waals surface area contributed by atoms with Gasteiger partial charge < -0.3 is 4.74 Å². The molecule has 1 fully saturated rings. The summed E-state index contributed by atoms with van der Waals surface area (Å²) in [5.74, 6) is -0.220. The summed E-state index contributed by atoms with van der Waals surface area (Å²) in [5, 5.41) is 10.7. The monoisotopic (exact) mass is 269 g/mol. The second-order valence-electron chi connectivity index (χ2n) is 4.56. The third-order valence-electron chi connectivity index (χ3n) is 3.22. The van der Waals surface area contributed by atoms with Crippen LogP contribution in [0.3, 0.4) is 0 Å². The zero-order chi connectivity index (χ0) is 14.1. The van der Waals surface area contributed by atoms with Crippen molar-refractivity contribution in [3.63, 3.8) is 0 Å². The number of nitrogens with zero attached hydrogens (tertiary/aromatic N) is 1. The molecule has 0 unspecified atom stereocenters. The van der Waals surface area contributed by atoms with E-state index in [2.05, 4.69) is 0 Å². The molecule has 1 aliphatic rings. The molecule has 0 aliphatic carbocycles. The number of hydrogen-bond acceptors (Lipinski definition) is 4. The number of nitro groups is 1. The molecule has 5 heteroatoms. The number of Topliss-reactive ketones (excluding diaryl/α,β-unsaturated/α-hetero) is 1. The molecule has 2 aromatic carbocycles. The van der Waals surface area contributed by atoms with Crippen LogP contribution in [0, 0.1) is 10.1 Å². The number of ether oxygens (including phenoxy) is 1. The lowest BCUT2D eigenvalue weighted by Gasteiger charge is -1.98. The predicted octanol–water partition coefficient (Wildman–Crippen LogP) is 2.92. The molecular weight excluding hydrogens is 258 g/mol. The molecular formula is C15H11NO4. The lowest BCUT2D eigenvalue weighted by molar-refractivity contribution is -0.384. The van der Waals surface area contributed by atoms with E-state index in [1.807, 2.05) is 30.3 Å². The van der Waals surface area contributed by atoms with Gasteiger partial charge in [-0.05, 0) is 5.56 Å². The second kappa shape index (κ2) is 4.86. The van der Waals surface area contributed by atoms with E-state index in [0.717, 1.165) is 5.56 Å².